The molecule has 0 unspecified atom stereocenters. The van der Waals surface area contributed by atoms with Gasteiger partial charge in [0.15, 0.2) is 0 Å². The van der Waals surface area contributed by atoms with Gasteiger partial charge in [-0.2, -0.15) is 0 Å². The number of carbonyl (C=O) groups excluding carboxylic acids is 1. The van der Waals surface area contributed by atoms with E-state index in [9.17, 15) is 9.18 Å². The summed E-state index contributed by atoms with van der Waals surface area (Å²) in [6, 6.07) is 9.19. The van der Waals surface area contributed by atoms with Gasteiger partial charge in [0.05, 0.1) is 5.69 Å². The van der Waals surface area contributed by atoms with E-state index in [-0.39, 0.29) is 5.91 Å². The largest absolute Gasteiger partial charge is 0.399 e. The highest BCUT2D eigenvalue weighted by atomic mass is 79.9. The Labute approximate surface area is 118 Å². The Morgan fingerprint density at radius 1 is 1.26 bits per heavy atom. The summed E-state index contributed by atoms with van der Waals surface area (Å²) < 4.78 is 13.9. The number of aryl methyl sites for hydroxylation is 1. The third kappa shape index (κ3) is 3.12. The highest BCUT2D eigenvalue weighted by Crippen LogP contribution is 2.25. The molecule has 0 spiro atoms. The molecule has 0 fully saturated rings. The maximum Gasteiger partial charge on any atom is 0.256 e. The van der Waals surface area contributed by atoms with Gasteiger partial charge in [-0.1, -0.05) is 6.07 Å². The molecule has 0 heterocycles. The maximum absolute atomic E-state index is 13.2. The minimum Gasteiger partial charge on any atom is -0.399 e. The smallest absolute Gasteiger partial charge is 0.256 e. The molecule has 5 heteroatoms. The van der Waals surface area contributed by atoms with Crippen LogP contribution < -0.4 is 11.1 Å². The fourth-order valence-corrected chi connectivity index (χ4v) is 2.01. The van der Waals surface area contributed by atoms with Crippen LogP contribution in [0.3, 0.4) is 0 Å². The second kappa shape index (κ2) is 5.40. The predicted molar refractivity (Wildman–Crippen MR) is 77.6 cm³/mol. The van der Waals surface area contributed by atoms with Gasteiger partial charge in [0.1, 0.15) is 5.82 Å². The van der Waals surface area contributed by atoms with E-state index in [2.05, 4.69) is 21.2 Å². The maximum atomic E-state index is 13.2. The molecule has 0 aliphatic rings. The number of amides is 1. The van der Waals surface area contributed by atoms with Crippen molar-refractivity contribution in [3.63, 3.8) is 0 Å². The number of hydrogen-bond donors (Lipinski definition) is 2. The summed E-state index contributed by atoms with van der Waals surface area (Å²) in [7, 11) is 0. The van der Waals surface area contributed by atoms with Crippen LogP contribution in [0.25, 0.3) is 0 Å². The molecule has 0 saturated heterocycles. The highest BCUT2D eigenvalue weighted by molar-refractivity contribution is 9.10. The zero-order valence-electron chi connectivity index (χ0n) is 10.2. The van der Waals surface area contributed by atoms with Crippen molar-refractivity contribution in [3.8, 4) is 0 Å². The molecule has 98 valence electrons. The third-order valence-corrected chi connectivity index (χ3v) is 3.37. The molecule has 0 atom stereocenters. The minimum atomic E-state index is -0.442. The van der Waals surface area contributed by atoms with Crippen LogP contribution in [0.15, 0.2) is 40.9 Å². The monoisotopic (exact) mass is 322 g/mol. The lowest BCUT2D eigenvalue weighted by molar-refractivity contribution is 0.102. The van der Waals surface area contributed by atoms with Crippen molar-refractivity contribution in [2.24, 2.45) is 0 Å². The Morgan fingerprint density at radius 3 is 2.74 bits per heavy atom. The molecule has 2 aromatic rings. The number of carbonyl (C=O) groups is 1. The summed E-state index contributed by atoms with van der Waals surface area (Å²) in [5.41, 5.74) is 7.76. The molecule has 0 radical (unpaired) electrons. The number of benzene rings is 2. The van der Waals surface area contributed by atoms with Crippen LogP contribution in [0.2, 0.25) is 0 Å². The summed E-state index contributed by atoms with van der Waals surface area (Å²) in [6.07, 6.45) is 0. The summed E-state index contributed by atoms with van der Waals surface area (Å²) in [5, 5.41) is 2.70. The molecule has 0 saturated carbocycles. The molecular formula is C14H12BrFN2O. The second-order valence-electron chi connectivity index (χ2n) is 4.15. The van der Waals surface area contributed by atoms with Crippen molar-refractivity contribution < 1.29 is 9.18 Å². The van der Waals surface area contributed by atoms with Gasteiger partial charge in [-0.05, 0) is 58.7 Å². The molecule has 3 N–H and O–H groups in total. The van der Waals surface area contributed by atoms with E-state index in [1.165, 1.54) is 12.1 Å². The Hall–Kier alpha value is -1.88. The number of anilines is 2. The van der Waals surface area contributed by atoms with Crippen LogP contribution in [0.4, 0.5) is 15.8 Å². The Bertz CT molecular complexity index is 643. The first-order valence-corrected chi connectivity index (χ1v) is 6.39. The lowest BCUT2D eigenvalue weighted by Crippen LogP contribution is -2.14. The van der Waals surface area contributed by atoms with Crippen molar-refractivity contribution in [1.29, 1.82) is 0 Å². The molecule has 0 aliphatic carbocycles. The molecule has 1 amide bonds. The van der Waals surface area contributed by atoms with Crippen molar-refractivity contribution >= 4 is 33.2 Å². The van der Waals surface area contributed by atoms with Crippen LogP contribution in [0.5, 0.6) is 0 Å². The fraction of sp³-hybridized carbons (Fsp3) is 0.0714. The van der Waals surface area contributed by atoms with Crippen molar-refractivity contribution in [3.05, 3.63) is 57.8 Å². The van der Waals surface area contributed by atoms with Gasteiger partial charge in [0.25, 0.3) is 5.91 Å². The average molecular weight is 323 g/mol. The summed E-state index contributed by atoms with van der Waals surface area (Å²) >= 11 is 3.32. The van der Waals surface area contributed by atoms with Crippen LogP contribution in [0.1, 0.15) is 15.9 Å². The minimum absolute atomic E-state index is 0.300. The predicted octanol–water partition coefficient (Wildman–Crippen LogP) is 3.73. The molecule has 0 aliphatic heterocycles. The number of nitrogen functional groups attached to an aromatic ring is 1. The van der Waals surface area contributed by atoms with E-state index in [4.69, 9.17) is 5.73 Å². The standard InChI is InChI=1S/C14H12BrFN2O/c1-8-2-3-9(16)6-11(8)14(19)18-13-7-10(17)4-5-12(13)15/h2-7H,17H2,1H3,(H,18,19). The van der Waals surface area contributed by atoms with Crippen molar-refractivity contribution in [1.82, 2.24) is 0 Å². The molecule has 3 nitrogen and oxygen atoms in total. The van der Waals surface area contributed by atoms with Gasteiger partial charge in [-0.15, -0.1) is 0 Å². The lowest BCUT2D eigenvalue weighted by Gasteiger charge is -2.10. The zero-order valence-corrected chi connectivity index (χ0v) is 11.8. The molecule has 19 heavy (non-hydrogen) atoms. The highest BCUT2D eigenvalue weighted by Gasteiger charge is 2.12. The van der Waals surface area contributed by atoms with Crippen LogP contribution in [-0.2, 0) is 0 Å². The van der Waals surface area contributed by atoms with Gasteiger partial charge >= 0.3 is 0 Å². The topological polar surface area (TPSA) is 55.1 Å². The zero-order chi connectivity index (χ0) is 14.0. The van der Waals surface area contributed by atoms with Crippen molar-refractivity contribution in [2.45, 2.75) is 6.92 Å². The van der Waals surface area contributed by atoms with Crippen LogP contribution >= 0.6 is 15.9 Å². The SMILES string of the molecule is Cc1ccc(F)cc1C(=O)Nc1cc(N)ccc1Br. The lowest BCUT2D eigenvalue weighted by atomic mass is 10.1. The summed E-state index contributed by atoms with van der Waals surface area (Å²) in [6.45, 7) is 1.75. The Kier molecular flexibility index (Phi) is 3.85. The second-order valence-corrected chi connectivity index (χ2v) is 5.01. The average Bonchev–Trinajstić information content (AvgIpc) is 2.36. The number of rotatable bonds is 2. The fourth-order valence-electron chi connectivity index (χ4n) is 1.67. The number of nitrogens with one attached hydrogen (secondary N) is 1. The van der Waals surface area contributed by atoms with E-state index >= 15 is 0 Å². The number of hydrogen-bond acceptors (Lipinski definition) is 2. The Balaban J connectivity index is 2.30. The van der Waals surface area contributed by atoms with E-state index in [0.29, 0.717) is 27.0 Å². The number of halogens is 2. The first kappa shape index (κ1) is 13.5. The third-order valence-electron chi connectivity index (χ3n) is 2.68. The van der Waals surface area contributed by atoms with E-state index in [0.717, 1.165) is 0 Å². The first-order valence-electron chi connectivity index (χ1n) is 5.60. The van der Waals surface area contributed by atoms with Gasteiger partial charge in [-0.3, -0.25) is 4.79 Å². The number of nitrogens with two attached hydrogens (primary N) is 1. The normalized spacial score (nSPS) is 10.3. The molecular weight excluding hydrogens is 311 g/mol. The van der Waals surface area contributed by atoms with Crippen molar-refractivity contribution in [2.75, 3.05) is 11.1 Å². The van der Waals surface area contributed by atoms with E-state index in [1.54, 1.807) is 31.2 Å². The molecule has 2 aromatic carbocycles. The first-order chi connectivity index (χ1) is 8.97. The van der Waals surface area contributed by atoms with Gasteiger partial charge in [0, 0.05) is 15.7 Å². The molecule has 0 aromatic heterocycles. The van der Waals surface area contributed by atoms with Crippen LogP contribution in [-0.4, -0.2) is 5.91 Å². The summed E-state index contributed by atoms with van der Waals surface area (Å²) in [5.74, 6) is -0.814. The summed E-state index contributed by atoms with van der Waals surface area (Å²) in [4.78, 5) is 12.1. The molecule has 2 rings (SSSR count). The van der Waals surface area contributed by atoms with E-state index < -0.39 is 5.82 Å². The van der Waals surface area contributed by atoms with Gasteiger partial charge in [0.2, 0.25) is 0 Å². The van der Waals surface area contributed by atoms with Gasteiger partial charge < -0.3 is 11.1 Å². The van der Waals surface area contributed by atoms with E-state index in [1.807, 2.05) is 0 Å². The van der Waals surface area contributed by atoms with Gasteiger partial charge in [-0.25, -0.2) is 4.39 Å². The molecule has 0 bridgehead atoms. The Morgan fingerprint density at radius 2 is 2.00 bits per heavy atom. The van der Waals surface area contributed by atoms with Crippen LogP contribution in [0, 0.1) is 12.7 Å². The quantitative estimate of drug-likeness (QED) is 0.828.